The highest BCUT2D eigenvalue weighted by molar-refractivity contribution is 8.00. The van der Waals surface area contributed by atoms with Gasteiger partial charge in [-0.25, -0.2) is 0 Å². The average Bonchev–Trinajstić information content (AvgIpc) is 2.98. The lowest BCUT2D eigenvalue weighted by Crippen LogP contribution is -2.20. The monoisotopic (exact) mass is 422 g/mol. The van der Waals surface area contributed by atoms with Crippen LogP contribution in [-0.4, -0.2) is 27.8 Å². The molecule has 156 valence electrons. The van der Waals surface area contributed by atoms with E-state index in [0.717, 1.165) is 47.9 Å². The van der Waals surface area contributed by atoms with Crippen molar-refractivity contribution in [1.29, 1.82) is 0 Å². The molecule has 0 radical (unpaired) electrons. The largest absolute Gasteiger partial charge is 0.495 e. The van der Waals surface area contributed by atoms with Crippen molar-refractivity contribution in [3.63, 3.8) is 0 Å². The van der Waals surface area contributed by atoms with E-state index in [2.05, 4.69) is 20.1 Å². The summed E-state index contributed by atoms with van der Waals surface area (Å²) >= 11 is 1.45. The zero-order valence-corrected chi connectivity index (χ0v) is 18.1. The van der Waals surface area contributed by atoms with Crippen LogP contribution in [0.2, 0.25) is 0 Å². The van der Waals surface area contributed by atoms with Gasteiger partial charge in [-0.3, -0.25) is 4.79 Å². The average molecular weight is 423 g/mol. The van der Waals surface area contributed by atoms with Gasteiger partial charge >= 0.3 is 0 Å². The SMILES string of the molecule is COc1ccc(C)cc1NC(=O)[C@@H](Sc1nnc2n1CCCCC2)c1ccccc1. The minimum Gasteiger partial charge on any atom is -0.495 e. The summed E-state index contributed by atoms with van der Waals surface area (Å²) in [5, 5.41) is 12.2. The van der Waals surface area contributed by atoms with Crippen LogP contribution in [-0.2, 0) is 17.8 Å². The van der Waals surface area contributed by atoms with E-state index in [1.54, 1.807) is 7.11 Å². The van der Waals surface area contributed by atoms with Crippen LogP contribution in [0, 0.1) is 6.92 Å². The minimum absolute atomic E-state index is 0.110. The van der Waals surface area contributed by atoms with Crippen molar-refractivity contribution in [2.45, 2.75) is 49.6 Å². The molecule has 1 N–H and O–H groups in total. The van der Waals surface area contributed by atoms with Crippen LogP contribution in [0.4, 0.5) is 5.69 Å². The van der Waals surface area contributed by atoms with Crippen LogP contribution in [0.15, 0.2) is 53.7 Å². The number of hydrogen-bond acceptors (Lipinski definition) is 5. The predicted octanol–water partition coefficient (Wildman–Crippen LogP) is 4.79. The van der Waals surface area contributed by atoms with Gasteiger partial charge in [0.05, 0.1) is 12.8 Å². The molecule has 6 nitrogen and oxygen atoms in total. The highest BCUT2D eigenvalue weighted by atomic mass is 32.2. The molecule has 1 amide bonds. The Morgan fingerprint density at radius 1 is 1.13 bits per heavy atom. The van der Waals surface area contributed by atoms with E-state index in [1.807, 2.05) is 55.5 Å². The molecule has 30 heavy (non-hydrogen) atoms. The molecule has 0 spiro atoms. The van der Waals surface area contributed by atoms with Gasteiger partial charge in [-0.15, -0.1) is 10.2 Å². The summed E-state index contributed by atoms with van der Waals surface area (Å²) in [6.07, 6.45) is 4.39. The maximum atomic E-state index is 13.4. The number of nitrogens with one attached hydrogen (secondary N) is 1. The van der Waals surface area contributed by atoms with Crippen molar-refractivity contribution >= 4 is 23.4 Å². The first-order valence-electron chi connectivity index (χ1n) is 10.2. The van der Waals surface area contributed by atoms with E-state index in [4.69, 9.17) is 4.74 Å². The number of amides is 1. The summed E-state index contributed by atoms with van der Waals surface area (Å²) in [4.78, 5) is 13.4. The van der Waals surface area contributed by atoms with Crippen molar-refractivity contribution in [2.24, 2.45) is 0 Å². The van der Waals surface area contributed by atoms with Crippen molar-refractivity contribution < 1.29 is 9.53 Å². The summed E-state index contributed by atoms with van der Waals surface area (Å²) in [7, 11) is 1.61. The summed E-state index contributed by atoms with van der Waals surface area (Å²) in [5.74, 6) is 1.55. The number of benzene rings is 2. The van der Waals surface area contributed by atoms with Gasteiger partial charge in [0.2, 0.25) is 5.91 Å². The molecule has 0 unspecified atom stereocenters. The lowest BCUT2D eigenvalue weighted by molar-refractivity contribution is -0.115. The van der Waals surface area contributed by atoms with Crippen LogP contribution >= 0.6 is 11.8 Å². The second kappa shape index (κ2) is 9.34. The molecular formula is C23H26N4O2S. The normalized spacial score (nSPS) is 14.5. The maximum absolute atomic E-state index is 13.4. The molecule has 0 aliphatic carbocycles. The third kappa shape index (κ3) is 4.51. The smallest absolute Gasteiger partial charge is 0.242 e. The summed E-state index contributed by atoms with van der Waals surface area (Å²) in [5.41, 5.74) is 2.65. The molecular weight excluding hydrogens is 396 g/mol. The summed E-state index contributed by atoms with van der Waals surface area (Å²) < 4.78 is 7.61. The van der Waals surface area contributed by atoms with Crippen LogP contribution in [0.1, 0.15) is 41.5 Å². The third-order valence-corrected chi connectivity index (χ3v) is 6.49. The first kappa shape index (κ1) is 20.5. The molecule has 0 fully saturated rings. The Hall–Kier alpha value is -2.80. The highest BCUT2D eigenvalue weighted by Crippen LogP contribution is 2.37. The van der Waals surface area contributed by atoms with E-state index in [9.17, 15) is 4.79 Å². The van der Waals surface area contributed by atoms with Gasteiger partial charge in [-0.2, -0.15) is 0 Å². The Morgan fingerprint density at radius 3 is 2.77 bits per heavy atom. The van der Waals surface area contributed by atoms with Crippen molar-refractivity contribution in [2.75, 3.05) is 12.4 Å². The number of methoxy groups -OCH3 is 1. The predicted molar refractivity (Wildman–Crippen MR) is 119 cm³/mol. The number of rotatable bonds is 6. The third-order valence-electron chi connectivity index (χ3n) is 5.25. The Morgan fingerprint density at radius 2 is 1.97 bits per heavy atom. The van der Waals surface area contributed by atoms with E-state index in [0.29, 0.717) is 11.4 Å². The zero-order valence-electron chi connectivity index (χ0n) is 17.3. The number of thioether (sulfide) groups is 1. The van der Waals surface area contributed by atoms with Gasteiger partial charge < -0.3 is 14.6 Å². The number of carbonyl (C=O) groups is 1. The standard InChI is InChI=1S/C23H26N4O2S/c1-16-12-13-19(29-2)18(15-16)24-22(28)21(17-9-5-3-6-10-17)30-23-26-25-20-11-7-4-8-14-27(20)23/h3,5-6,9-10,12-13,15,21H,4,7-8,11,14H2,1-2H3,(H,24,28)/t21-/m0/s1. The number of nitrogens with zero attached hydrogens (tertiary/aromatic N) is 3. The molecule has 1 aliphatic heterocycles. The van der Waals surface area contributed by atoms with Gasteiger partial charge in [0.25, 0.3) is 0 Å². The van der Waals surface area contributed by atoms with Crippen LogP contribution in [0.5, 0.6) is 5.75 Å². The number of anilines is 1. The zero-order chi connectivity index (χ0) is 20.9. The van der Waals surface area contributed by atoms with E-state index in [1.165, 1.54) is 18.2 Å². The lowest BCUT2D eigenvalue weighted by Gasteiger charge is -2.18. The van der Waals surface area contributed by atoms with E-state index in [-0.39, 0.29) is 5.91 Å². The van der Waals surface area contributed by atoms with Crippen LogP contribution < -0.4 is 10.1 Å². The Bertz CT molecular complexity index is 1020. The fraction of sp³-hybridized carbons (Fsp3) is 0.348. The van der Waals surface area contributed by atoms with Gasteiger partial charge in [0.1, 0.15) is 16.8 Å². The fourth-order valence-corrected chi connectivity index (χ4v) is 4.75. The number of aryl methyl sites for hydroxylation is 2. The molecule has 1 atom stereocenters. The second-order valence-electron chi connectivity index (χ2n) is 7.46. The number of aromatic nitrogens is 3. The quantitative estimate of drug-likeness (QED) is 0.578. The van der Waals surface area contributed by atoms with E-state index < -0.39 is 5.25 Å². The van der Waals surface area contributed by atoms with Crippen molar-refractivity contribution in [1.82, 2.24) is 14.8 Å². The second-order valence-corrected chi connectivity index (χ2v) is 8.53. The van der Waals surface area contributed by atoms with Crippen LogP contribution in [0.3, 0.4) is 0 Å². The first-order chi connectivity index (χ1) is 14.7. The minimum atomic E-state index is -0.451. The number of ether oxygens (including phenoxy) is 1. The Labute approximate surface area is 181 Å². The maximum Gasteiger partial charge on any atom is 0.242 e. The van der Waals surface area contributed by atoms with Crippen molar-refractivity contribution in [3.05, 3.63) is 65.5 Å². The molecule has 4 rings (SSSR count). The summed E-state index contributed by atoms with van der Waals surface area (Å²) in [6.45, 7) is 2.89. The first-order valence-corrected chi connectivity index (χ1v) is 11.1. The number of fused-ring (bicyclic) bond motifs is 1. The molecule has 1 aromatic heterocycles. The lowest BCUT2D eigenvalue weighted by atomic mass is 10.1. The molecule has 0 saturated carbocycles. The Balaban J connectivity index is 1.64. The Kier molecular flexibility index (Phi) is 6.38. The topological polar surface area (TPSA) is 69.0 Å². The van der Waals surface area contributed by atoms with Crippen LogP contribution in [0.25, 0.3) is 0 Å². The van der Waals surface area contributed by atoms with Crippen molar-refractivity contribution in [3.8, 4) is 5.75 Å². The number of hydrogen-bond donors (Lipinski definition) is 1. The van der Waals surface area contributed by atoms with Gasteiger partial charge in [0.15, 0.2) is 5.16 Å². The van der Waals surface area contributed by atoms with Gasteiger partial charge in [0, 0.05) is 13.0 Å². The molecule has 0 saturated heterocycles. The van der Waals surface area contributed by atoms with Gasteiger partial charge in [-0.05, 0) is 43.0 Å². The molecule has 0 bridgehead atoms. The molecule has 2 heterocycles. The highest BCUT2D eigenvalue weighted by Gasteiger charge is 2.27. The van der Waals surface area contributed by atoms with Gasteiger partial charge in [-0.1, -0.05) is 54.6 Å². The molecule has 3 aromatic rings. The van der Waals surface area contributed by atoms with E-state index >= 15 is 0 Å². The number of carbonyl (C=O) groups excluding carboxylic acids is 1. The fourth-order valence-electron chi connectivity index (χ4n) is 3.67. The summed E-state index contributed by atoms with van der Waals surface area (Å²) in [6, 6.07) is 15.6. The molecule has 2 aromatic carbocycles. The molecule has 1 aliphatic rings. The molecule has 7 heteroatoms.